The van der Waals surface area contributed by atoms with Gasteiger partial charge in [0.05, 0.1) is 5.56 Å². The van der Waals surface area contributed by atoms with Gasteiger partial charge in [0, 0.05) is 17.1 Å². The molecule has 3 nitrogen and oxygen atoms in total. The summed E-state index contributed by atoms with van der Waals surface area (Å²) in [5, 5.41) is 9.07. The number of para-hydroxylation sites is 1. The topological polar surface area (TPSA) is 40.5 Å². The standard InChI is InChI=1S/C20H17NO2/c1-15-7-11-18(12-8-15)21(17-5-3-2-4-6-17)19-13-9-16(10-14-19)20(22)23/h2-14H,1H3,(H,22,23). The number of anilines is 3. The van der Waals surface area contributed by atoms with Crippen molar-refractivity contribution in [2.45, 2.75) is 6.92 Å². The number of hydrogen-bond donors (Lipinski definition) is 1. The monoisotopic (exact) mass is 303 g/mol. The van der Waals surface area contributed by atoms with Gasteiger partial charge in [0.25, 0.3) is 0 Å². The summed E-state index contributed by atoms with van der Waals surface area (Å²) in [6.45, 7) is 2.05. The van der Waals surface area contributed by atoms with Gasteiger partial charge in [-0.05, 0) is 55.5 Å². The molecule has 3 aromatic carbocycles. The molecule has 0 radical (unpaired) electrons. The molecule has 0 aliphatic rings. The van der Waals surface area contributed by atoms with Gasteiger partial charge in [0.2, 0.25) is 0 Å². The van der Waals surface area contributed by atoms with Gasteiger partial charge < -0.3 is 10.0 Å². The minimum atomic E-state index is -0.918. The predicted octanol–water partition coefficient (Wildman–Crippen LogP) is 5.16. The Bertz CT molecular complexity index is 793. The van der Waals surface area contributed by atoms with Crippen molar-refractivity contribution < 1.29 is 9.90 Å². The number of carboxylic acid groups (broad SMARTS) is 1. The number of hydrogen-bond acceptors (Lipinski definition) is 2. The molecule has 0 unspecified atom stereocenters. The van der Waals surface area contributed by atoms with Gasteiger partial charge in [0.15, 0.2) is 0 Å². The third-order valence-corrected chi connectivity index (χ3v) is 3.68. The van der Waals surface area contributed by atoms with E-state index in [1.807, 2.05) is 42.5 Å². The summed E-state index contributed by atoms with van der Waals surface area (Å²) in [5.74, 6) is -0.918. The van der Waals surface area contributed by atoms with E-state index >= 15 is 0 Å². The highest BCUT2D eigenvalue weighted by Crippen LogP contribution is 2.34. The molecule has 0 atom stereocenters. The van der Waals surface area contributed by atoms with Crippen molar-refractivity contribution in [3.63, 3.8) is 0 Å². The van der Waals surface area contributed by atoms with Crippen LogP contribution in [0.5, 0.6) is 0 Å². The number of aryl methyl sites for hydroxylation is 1. The maximum atomic E-state index is 11.0. The highest BCUT2D eigenvalue weighted by atomic mass is 16.4. The Kier molecular flexibility index (Phi) is 4.11. The van der Waals surface area contributed by atoms with Crippen LogP contribution in [0.4, 0.5) is 17.1 Å². The van der Waals surface area contributed by atoms with Gasteiger partial charge in [-0.2, -0.15) is 0 Å². The Morgan fingerprint density at radius 2 is 1.22 bits per heavy atom. The highest BCUT2D eigenvalue weighted by Gasteiger charge is 2.12. The van der Waals surface area contributed by atoms with E-state index in [4.69, 9.17) is 5.11 Å². The smallest absolute Gasteiger partial charge is 0.335 e. The predicted molar refractivity (Wildman–Crippen MR) is 92.8 cm³/mol. The molecule has 0 fully saturated rings. The lowest BCUT2D eigenvalue weighted by molar-refractivity contribution is 0.0697. The van der Waals surface area contributed by atoms with E-state index in [9.17, 15) is 4.79 Å². The van der Waals surface area contributed by atoms with Crippen LogP contribution in [0.2, 0.25) is 0 Å². The minimum Gasteiger partial charge on any atom is -0.478 e. The van der Waals surface area contributed by atoms with Crippen molar-refractivity contribution in [3.05, 3.63) is 90.0 Å². The van der Waals surface area contributed by atoms with Crippen LogP contribution in [0.15, 0.2) is 78.9 Å². The second-order valence-electron chi connectivity index (χ2n) is 5.36. The molecular formula is C20H17NO2. The van der Waals surface area contributed by atoms with E-state index in [0.29, 0.717) is 0 Å². The molecule has 3 heteroatoms. The van der Waals surface area contributed by atoms with Crippen molar-refractivity contribution in [2.24, 2.45) is 0 Å². The minimum absolute atomic E-state index is 0.283. The van der Waals surface area contributed by atoms with Crippen molar-refractivity contribution in [1.29, 1.82) is 0 Å². The summed E-state index contributed by atoms with van der Waals surface area (Å²) in [7, 11) is 0. The van der Waals surface area contributed by atoms with Crippen molar-refractivity contribution in [2.75, 3.05) is 4.90 Å². The Morgan fingerprint density at radius 3 is 1.74 bits per heavy atom. The number of rotatable bonds is 4. The molecule has 3 rings (SSSR count). The lowest BCUT2D eigenvalue weighted by atomic mass is 10.1. The van der Waals surface area contributed by atoms with E-state index < -0.39 is 5.97 Å². The van der Waals surface area contributed by atoms with Crippen LogP contribution in [0.25, 0.3) is 0 Å². The molecule has 0 aliphatic heterocycles. The van der Waals surface area contributed by atoms with Crippen LogP contribution in [-0.2, 0) is 0 Å². The fourth-order valence-electron chi connectivity index (χ4n) is 2.47. The van der Waals surface area contributed by atoms with Gasteiger partial charge in [0.1, 0.15) is 0 Å². The van der Waals surface area contributed by atoms with Crippen LogP contribution >= 0.6 is 0 Å². The summed E-state index contributed by atoms with van der Waals surface area (Å²) < 4.78 is 0. The Balaban J connectivity index is 2.08. The third kappa shape index (κ3) is 3.24. The summed E-state index contributed by atoms with van der Waals surface area (Å²) in [6.07, 6.45) is 0. The molecule has 0 heterocycles. The molecule has 0 aliphatic carbocycles. The second-order valence-corrected chi connectivity index (χ2v) is 5.36. The number of nitrogens with zero attached hydrogens (tertiary/aromatic N) is 1. The van der Waals surface area contributed by atoms with Crippen molar-refractivity contribution in [3.8, 4) is 0 Å². The van der Waals surface area contributed by atoms with Gasteiger partial charge in [-0.1, -0.05) is 35.9 Å². The van der Waals surface area contributed by atoms with Crippen molar-refractivity contribution in [1.82, 2.24) is 0 Å². The molecule has 1 N–H and O–H groups in total. The second kappa shape index (κ2) is 6.36. The van der Waals surface area contributed by atoms with E-state index in [-0.39, 0.29) is 5.56 Å². The number of carboxylic acids is 1. The Labute approximate surface area is 135 Å². The zero-order chi connectivity index (χ0) is 16.2. The summed E-state index contributed by atoms with van der Waals surface area (Å²) in [4.78, 5) is 13.1. The zero-order valence-corrected chi connectivity index (χ0v) is 12.8. The van der Waals surface area contributed by atoms with Gasteiger partial charge in [-0.15, -0.1) is 0 Å². The maximum absolute atomic E-state index is 11.0. The average Bonchev–Trinajstić information content (AvgIpc) is 2.58. The van der Waals surface area contributed by atoms with E-state index in [0.717, 1.165) is 17.1 Å². The fraction of sp³-hybridized carbons (Fsp3) is 0.0500. The first-order chi connectivity index (χ1) is 11.1. The summed E-state index contributed by atoms with van der Waals surface area (Å²) >= 11 is 0. The SMILES string of the molecule is Cc1ccc(N(c2ccccc2)c2ccc(C(=O)O)cc2)cc1. The fourth-order valence-corrected chi connectivity index (χ4v) is 2.47. The first-order valence-corrected chi connectivity index (χ1v) is 7.40. The van der Waals surface area contributed by atoms with E-state index in [2.05, 4.69) is 36.1 Å². The van der Waals surface area contributed by atoms with Crippen LogP contribution < -0.4 is 4.90 Å². The normalized spacial score (nSPS) is 10.3. The maximum Gasteiger partial charge on any atom is 0.335 e. The average molecular weight is 303 g/mol. The summed E-state index contributed by atoms with van der Waals surface area (Å²) in [6, 6.07) is 25.2. The Morgan fingerprint density at radius 1 is 0.739 bits per heavy atom. The van der Waals surface area contributed by atoms with Crippen LogP contribution in [0.1, 0.15) is 15.9 Å². The van der Waals surface area contributed by atoms with Crippen LogP contribution in [0, 0.1) is 6.92 Å². The van der Waals surface area contributed by atoms with Crippen LogP contribution in [0.3, 0.4) is 0 Å². The first kappa shape index (κ1) is 14.9. The molecular weight excluding hydrogens is 286 g/mol. The molecule has 114 valence electrons. The number of carbonyl (C=O) groups is 1. The van der Waals surface area contributed by atoms with Gasteiger partial charge >= 0.3 is 5.97 Å². The third-order valence-electron chi connectivity index (χ3n) is 3.68. The molecule has 0 bridgehead atoms. The molecule has 0 aromatic heterocycles. The van der Waals surface area contributed by atoms with E-state index in [1.165, 1.54) is 5.56 Å². The number of aromatic carboxylic acids is 1. The van der Waals surface area contributed by atoms with Gasteiger partial charge in [-0.3, -0.25) is 0 Å². The lowest BCUT2D eigenvalue weighted by Crippen LogP contribution is -2.10. The molecule has 0 saturated carbocycles. The Hall–Kier alpha value is -3.07. The molecule has 0 saturated heterocycles. The quantitative estimate of drug-likeness (QED) is 0.723. The van der Waals surface area contributed by atoms with Crippen molar-refractivity contribution >= 4 is 23.0 Å². The van der Waals surface area contributed by atoms with Gasteiger partial charge in [-0.25, -0.2) is 4.79 Å². The lowest BCUT2D eigenvalue weighted by Gasteiger charge is -2.25. The number of benzene rings is 3. The van der Waals surface area contributed by atoms with E-state index in [1.54, 1.807) is 12.1 Å². The molecule has 0 spiro atoms. The zero-order valence-electron chi connectivity index (χ0n) is 12.8. The first-order valence-electron chi connectivity index (χ1n) is 7.40. The largest absolute Gasteiger partial charge is 0.478 e. The molecule has 23 heavy (non-hydrogen) atoms. The van der Waals surface area contributed by atoms with Crippen LogP contribution in [-0.4, -0.2) is 11.1 Å². The molecule has 3 aromatic rings. The highest BCUT2D eigenvalue weighted by molar-refractivity contribution is 5.88. The summed E-state index contributed by atoms with van der Waals surface area (Å²) in [5.41, 5.74) is 4.46. The molecule has 0 amide bonds.